The third kappa shape index (κ3) is 3.65. The highest BCUT2D eigenvalue weighted by Crippen LogP contribution is 2.19. The first kappa shape index (κ1) is 16.6. The first-order chi connectivity index (χ1) is 12.1. The number of hydrogen-bond donors (Lipinski definition) is 2. The van der Waals surface area contributed by atoms with Gasteiger partial charge in [-0.1, -0.05) is 13.8 Å². The number of fused-ring (bicyclic) bond motifs is 1. The van der Waals surface area contributed by atoms with Crippen LogP contribution in [0.25, 0.3) is 11.2 Å². The molecule has 25 heavy (non-hydrogen) atoms. The van der Waals surface area contributed by atoms with E-state index in [0.29, 0.717) is 41.8 Å². The smallest absolute Gasteiger partial charge is 0.274 e. The Bertz CT molecular complexity index is 946. The molecule has 2 N–H and O–H groups in total. The molecule has 3 heterocycles. The van der Waals surface area contributed by atoms with E-state index in [-0.39, 0.29) is 17.8 Å². The quantitative estimate of drug-likeness (QED) is 0.623. The van der Waals surface area contributed by atoms with Crippen LogP contribution in [0.5, 0.6) is 5.88 Å². The fourth-order valence-electron chi connectivity index (χ4n) is 2.28. The van der Waals surface area contributed by atoms with Gasteiger partial charge in [-0.3, -0.25) is 9.59 Å². The molecule has 3 rings (SSSR count). The van der Waals surface area contributed by atoms with E-state index in [1.165, 1.54) is 17.0 Å². The molecular formula is C16H18N6O3. The highest BCUT2D eigenvalue weighted by Gasteiger charge is 2.13. The number of H-pyrrole nitrogens is 1. The van der Waals surface area contributed by atoms with Crippen LogP contribution in [-0.2, 0) is 11.3 Å². The summed E-state index contributed by atoms with van der Waals surface area (Å²) in [6, 6.07) is 3.21. The van der Waals surface area contributed by atoms with Gasteiger partial charge in [-0.2, -0.15) is 4.98 Å². The number of carbonyl (C=O) groups is 1. The summed E-state index contributed by atoms with van der Waals surface area (Å²) >= 11 is 0. The van der Waals surface area contributed by atoms with Crippen molar-refractivity contribution < 1.29 is 9.53 Å². The van der Waals surface area contributed by atoms with Crippen LogP contribution in [0.2, 0.25) is 0 Å². The van der Waals surface area contributed by atoms with Gasteiger partial charge in [0.05, 0.1) is 13.2 Å². The number of amides is 1. The second-order valence-corrected chi connectivity index (χ2v) is 5.88. The average molecular weight is 342 g/mol. The van der Waals surface area contributed by atoms with Crippen molar-refractivity contribution in [3.05, 3.63) is 40.8 Å². The van der Waals surface area contributed by atoms with Crippen molar-refractivity contribution in [3.63, 3.8) is 0 Å². The van der Waals surface area contributed by atoms with Crippen LogP contribution in [0.4, 0.5) is 5.69 Å². The number of ether oxygens (including phenoxy) is 1. The number of hydrogen-bond acceptors (Lipinski definition) is 6. The molecule has 0 spiro atoms. The van der Waals surface area contributed by atoms with Crippen LogP contribution in [0.1, 0.15) is 19.7 Å². The molecule has 0 aliphatic carbocycles. The third-order valence-corrected chi connectivity index (χ3v) is 3.41. The van der Waals surface area contributed by atoms with Gasteiger partial charge in [0.25, 0.3) is 5.56 Å². The SMILES string of the molecule is CC(C)COc1ncnc2[nH]c(Cn3cccc(NC=O)c3=O)nc12. The Balaban J connectivity index is 1.90. The Hall–Kier alpha value is -3.23. The number of aromatic nitrogens is 5. The lowest BCUT2D eigenvalue weighted by Gasteiger charge is -2.07. The summed E-state index contributed by atoms with van der Waals surface area (Å²) in [5.74, 6) is 1.30. The van der Waals surface area contributed by atoms with Gasteiger partial charge in [0.15, 0.2) is 11.2 Å². The van der Waals surface area contributed by atoms with Gasteiger partial charge >= 0.3 is 0 Å². The maximum atomic E-state index is 12.3. The molecule has 0 fully saturated rings. The van der Waals surface area contributed by atoms with E-state index in [0.717, 1.165) is 0 Å². The molecule has 1 amide bonds. The molecule has 0 aromatic carbocycles. The van der Waals surface area contributed by atoms with Crippen molar-refractivity contribution in [2.75, 3.05) is 11.9 Å². The second-order valence-electron chi connectivity index (χ2n) is 5.88. The van der Waals surface area contributed by atoms with Crippen molar-refractivity contribution in [3.8, 4) is 5.88 Å². The number of imidazole rings is 1. The molecule has 130 valence electrons. The van der Waals surface area contributed by atoms with Gasteiger partial charge in [0.1, 0.15) is 17.8 Å². The zero-order valence-electron chi connectivity index (χ0n) is 13.9. The maximum Gasteiger partial charge on any atom is 0.274 e. The predicted molar refractivity (Wildman–Crippen MR) is 91.5 cm³/mol. The van der Waals surface area contributed by atoms with Gasteiger partial charge in [-0.25, -0.2) is 9.97 Å². The summed E-state index contributed by atoms with van der Waals surface area (Å²) in [7, 11) is 0. The third-order valence-electron chi connectivity index (χ3n) is 3.41. The molecule has 9 heteroatoms. The Labute approximate surface area is 143 Å². The summed E-state index contributed by atoms with van der Waals surface area (Å²) in [6.45, 7) is 4.81. The molecule has 0 atom stereocenters. The minimum Gasteiger partial charge on any atom is -0.476 e. The van der Waals surface area contributed by atoms with E-state index in [4.69, 9.17) is 4.74 Å². The number of carbonyl (C=O) groups excluding carboxylic acids is 1. The van der Waals surface area contributed by atoms with Gasteiger partial charge < -0.3 is 19.6 Å². The molecule has 0 saturated heterocycles. The van der Waals surface area contributed by atoms with Crippen LogP contribution in [-0.4, -0.2) is 37.5 Å². The Morgan fingerprint density at radius 1 is 1.40 bits per heavy atom. The first-order valence-electron chi connectivity index (χ1n) is 7.80. The Kier molecular flexibility index (Phi) is 4.73. The number of pyridine rings is 1. The molecular weight excluding hydrogens is 324 g/mol. The lowest BCUT2D eigenvalue weighted by atomic mass is 10.2. The van der Waals surface area contributed by atoms with Crippen molar-refractivity contribution in [1.82, 2.24) is 24.5 Å². The van der Waals surface area contributed by atoms with Crippen molar-refractivity contribution >= 4 is 23.3 Å². The van der Waals surface area contributed by atoms with Gasteiger partial charge in [0.2, 0.25) is 12.3 Å². The van der Waals surface area contributed by atoms with Gasteiger partial charge in [-0.15, -0.1) is 0 Å². The maximum absolute atomic E-state index is 12.3. The Morgan fingerprint density at radius 3 is 3.00 bits per heavy atom. The highest BCUT2D eigenvalue weighted by atomic mass is 16.5. The summed E-state index contributed by atoms with van der Waals surface area (Å²) in [6.07, 6.45) is 3.49. The molecule has 0 bridgehead atoms. The van der Waals surface area contributed by atoms with Crippen LogP contribution in [0.3, 0.4) is 0 Å². The van der Waals surface area contributed by atoms with E-state index in [9.17, 15) is 9.59 Å². The van der Waals surface area contributed by atoms with E-state index in [2.05, 4.69) is 25.3 Å². The zero-order chi connectivity index (χ0) is 17.8. The van der Waals surface area contributed by atoms with Gasteiger partial charge in [-0.05, 0) is 18.1 Å². The highest BCUT2D eigenvalue weighted by molar-refractivity contribution is 5.75. The minimum absolute atomic E-state index is 0.202. The Morgan fingerprint density at radius 2 is 2.24 bits per heavy atom. The lowest BCUT2D eigenvalue weighted by Crippen LogP contribution is -2.23. The molecule has 0 saturated carbocycles. The van der Waals surface area contributed by atoms with Crippen molar-refractivity contribution in [2.24, 2.45) is 5.92 Å². The summed E-state index contributed by atoms with van der Waals surface area (Å²) in [4.78, 5) is 38.6. The van der Waals surface area contributed by atoms with E-state index < -0.39 is 0 Å². The standard InChI is InChI=1S/C16H18N6O3/c1-10(2)7-25-15-13-14(17-8-18-15)21-12(20-13)6-22-5-3-4-11(16(22)24)19-9-23/h3-5,8-10H,6-7H2,1-2H3,(H,19,23)(H,17,18,20,21). The summed E-state index contributed by atoms with van der Waals surface area (Å²) < 4.78 is 7.10. The van der Waals surface area contributed by atoms with Crippen LogP contribution < -0.4 is 15.6 Å². The van der Waals surface area contributed by atoms with E-state index >= 15 is 0 Å². The second kappa shape index (κ2) is 7.12. The number of nitrogens with zero attached hydrogens (tertiary/aromatic N) is 4. The number of nitrogens with one attached hydrogen (secondary N) is 2. The zero-order valence-corrected chi connectivity index (χ0v) is 13.9. The average Bonchev–Trinajstić information content (AvgIpc) is 2.99. The lowest BCUT2D eigenvalue weighted by molar-refractivity contribution is -0.105. The molecule has 0 aliphatic heterocycles. The number of anilines is 1. The van der Waals surface area contributed by atoms with Crippen molar-refractivity contribution in [2.45, 2.75) is 20.4 Å². The monoisotopic (exact) mass is 342 g/mol. The first-order valence-corrected chi connectivity index (χ1v) is 7.80. The fourth-order valence-corrected chi connectivity index (χ4v) is 2.28. The topological polar surface area (TPSA) is 115 Å². The largest absolute Gasteiger partial charge is 0.476 e. The molecule has 0 aliphatic rings. The van der Waals surface area contributed by atoms with Crippen molar-refractivity contribution in [1.29, 1.82) is 0 Å². The molecule has 9 nitrogen and oxygen atoms in total. The fraction of sp³-hybridized carbons (Fsp3) is 0.312. The summed E-state index contributed by atoms with van der Waals surface area (Å²) in [5, 5.41) is 2.38. The molecule has 3 aromatic heterocycles. The molecule has 3 aromatic rings. The minimum atomic E-state index is -0.322. The van der Waals surface area contributed by atoms with Crippen LogP contribution >= 0.6 is 0 Å². The predicted octanol–water partition coefficient (Wildman–Crippen LogP) is 1.17. The molecule has 0 unspecified atom stereocenters. The van der Waals surface area contributed by atoms with Crippen LogP contribution in [0, 0.1) is 5.92 Å². The van der Waals surface area contributed by atoms with E-state index in [1.54, 1.807) is 12.3 Å². The molecule has 0 radical (unpaired) electrons. The van der Waals surface area contributed by atoms with Gasteiger partial charge in [0, 0.05) is 6.20 Å². The number of rotatable bonds is 7. The summed E-state index contributed by atoms with van der Waals surface area (Å²) in [5.41, 5.74) is 0.944. The van der Waals surface area contributed by atoms with Crippen LogP contribution in [0.15, 0.2) is 29.5 Å². The van der Waals surface area contributed by atoms with E-state index in [1.807, 2.05) is 13.8 Å². The number of aromatic amines is 1. The normalized spacial score (nSPS) is 11.0.